The predicted octanol–water partition coefficient (Wildman–Crippen LogP) is 3.42. The first-order valence-electron chi connectivity index (χ1n) is 8.59. The van der Waals surface area contributed by atoms with Crippen LogP contribution in [-0.4, -0.2) is 36.1 Å². The molecule has 1 aromatic carbocycles. The van der Waals surface area contributed by atoms with Crippen molar-refractivity contribution in [2.75, 3.05) is 19.6 Å². The van der Waals surface area contributed by atoms with Crippen molar-refractivity contribution in [1.82, 2.24) is 10.2 Å². The molecular formula is C19H30N2. The van der Waals surface area contributed by atoms with Crippen LogP contribution in [0.4, 0.5) is 0 Å². The summed E-state index contributed by atoms with van der Waals surface area (Å²) < 4.78 is 0. The van der Waals surface area contributed by atoms with Gasteiger partial charge in [0.1, 0.15) is 0 Å². The highest BCUT2D eigenvalue weighted by Gasteiger charge is 2.38. The molecule has 2 heteroatoms. The van der Waals surface area contributed by atoms with Gasteiger partial charge in [0.05, 0.1) is 0 Å². The number of rotatable bonds is 4. The van der Waals surface area contributed by atoms with E-state index in [1.807, 2.05) is 0 Å². The molecule has 1 saturated heterocycles. The first-order chi connectivity index (χ1) is 10.0. The van der Waals surface area contributed by atoms with Crippen LogP contribution in [0.5, 0.6) is 0 Å². The standard InChI is InChI=1S/C19H30N2/c1-5-19(4)13-21(18(11-20-19)14(2)3)12-16-10-15-8-6-7-9-17(15)16/h6-9,14,16,18,20H,5,10-13H2,1-4H3. The summed E-state index contributed by atoms with van der Waals surface area (Å²) in [6.07, 6.45) is 2.48. The van der Waals surface area contributed by atoms with E-state index in [0.29, 0.717) is 12.0 Å². The summed E-state index contributed by atoms with van der Waals surface area (Å²) in [6, 6.07) is 9.66. The Balaban J connectivity index is 1.72. The molecule has 2 nitrogen and oxygen atoms in total. The highest BCUT2D eigenvalue weighted by atomic mass is 15.3. The Morgan fingerprint density at radius 3 is 2.76 bits per heavy atom. The molecule has 1 aromatic rings. The molecule has 0 saturated carbocycles. The molecule has 1 aliphatic carbocycles. The zero-order chi connectivity index (χ0) is 15.0. The number of benzene rings is 1. The lowest BCUT2D eigenvalue weighted by atomic mass is 9.76. The lowest BCUT2D eigenvalue weighted by molar-refractivity contribution is 0.0531. The molecule has 0 amide bonds. The van der Waals surface area contributed by atoms with Crippen LogP contribution in [-0.2, 0) is 6.42 Å². The zero-order valence-electron chi connectivity index (χ0n) is 14.0. The summed E-state index contributed by atoms with van der Waals surface area (Å²) in [4.78, 5) is 2.77. The van der Waals surface area contributed by atoms with Gasteiger partial charge in [0, 0.05) is 37.1 Å². The molecule has 2 aliphatic rings. The molecule has 0 spiro atoms. The summed E-state index contributed by atoms with van der Waals surface area (Å²) in [7, 11) is 0. The van der Waals surface area contributed by atoms with Crippen LogP contribution in [0.25, 0.3) is 0 Å². The quantitative estimate of drug-likeness (QED) is 0.912. The highest BCUT2D eigenvalue weighted by molar-refractivity contribution is 5.40. The topological polar surface area (TPSA) is 15.3 Å². The van der Waals surface area contributed by atoms with Gasteiger partial charge in [-0.2, -0.15) is 0 Å². The number of fused-ring (bicyclic) bond motifs is 1. The van der Waals surface area contributed by atoms with Gasteiger partial charge < -0.3 is 5.32 Å². The van der Waals surface area contributed by atoms with Crippen LogP contribution in [0.2, 0.25) is 0 Å². The SMILES string of the molecule is CCC1(C)CN(CC2Cc3ccccc32)C(C(C)C)CN1. The summed E-state index contributed by atoms with van der Waals surface area (Å²) in [5.74, 6) is 1.47. The van der Waals surface area contributed by atoms with Crippen molar-refractivity contribution < 1.29 is 0 Å². The molecule has 3 unspecified atom stereocenters. The van der Waals surface area contributed by atoms with Gasteiger partial charge in [0.25, 0.3) is 0 Å². The van der Waals surface area contributed by atoms with Crippen molar-refractivity contribution in [3.8, 4) is 0 Å². The van der Waals surface area contributed by atoms with Crippen molar-refractivity contribution in [3.63, 3.8) is 0 Å². The molecule has 1 fully saturated rings. The van der Waals surface area contributed by atoms with Gasteiger partial charge in [-0.3, -0.25) is 4.90 Å². The van der Waals surface area contributed by atoms with Crippen LogP contribution in [0.1, 0.15) is 51.2 Å². The van der Waals surface area contributed by atoms with Crippen molar-refractivity contribution in [2.45, 2.75) is 58.0 Å². The maximum absolute atomic E-state index is 3.79. The molecule has 116 valence electrons. The third-order valence-corrected chi connectivity index (χ3v) is 5.73. The van der Waals surface area contributed by atoms with Gasteiger partial charge in [-0.25, -0.2) is 0 Å². The molecule has 1 heterocycles. The van der Waals surface area contributed by atoms with Crippen molar-refractivity contribution in [3.05, 3.63) is 35.4 Å². The number of hydrogen-bond acceptors (Lipinski definition) is 2. The minimum atomic E-state index is 0.286. The molecule has 0 bridgehead atoms. The van der Waals surface area contributed by atoms with Crippen LogP contribution in [0.3, 0.4) is 0 Å². The summed E-state index contributed by atoms with van der Waals surface area (Å²) >= 11 is 0. The summed E-state index contributed by atoms with van der Waals surface area (Å²) in [6.45, 7) is 13.0. The lowest BCUT2D eigenvalue weighted by Crippen LogP contribution is -2.64. The maximum Gasteiger partial charge on any atom is 0.0278 e. The molecule has 21 heavy (non-hydrogen) atoms. The van der Waals surface area contributed by atoms with Gasteiger partial charge >= 0.3 is 0 Å². The fraction of sp³-hybridized carbons (Fsp3) is 0.684. The minimum absolute atomic E-state index is 0.286. The largest absolute Gasteiger partial charge is 0.309 e. The molecule has 1 N–H and O–H groups in total. The average Bonchev–Trinajstić information content (AvgIpc) is 2.44. The van der Waals surface area contributed by atoms with Crippen LogP contribution in [0.15, 0.2) is 24.3 Å². The predicted molar refractivity (Wildman–Crippen MR) is 89.8 cm³/mol. The van der Waals surface area contributed by atoms with E-state index in [1.165, 1.54) is 25.9 Å². The van der Waals surface area contributed by atoms with E-state index in [1.54, 1.807) is 11.1 Å². The Bertz CT molecular complexity index is 496. The molecular weight excluding hydrogens is 256 g/mol. The molecule has 1 aliphatic heterocycles. The second kappa shape index (κ2) is 5.73. The number of nitrogens with zero attached hydrogens (tertiary/aromatic N) is 1. The minimum Gasteiger partial charge on any atom is -0.309 e. The van der Waals surface area contributed by atoms with Gasteiger partial charge in [-0.05, 0) is 36.8 Å². The Morgan fingerprint density at radius 1 is 1.33 bits per heavy atom. The van der Waals surface area contributed by atoms with E-state index in [-0.39, 0.29) is 5.54 Å². The van der Waals surface area contributed by atoms with E-state index in [4.69, 9.17) is 0 Å². The van der Waals surface area contributed by atoms with Crippen LogP contribution >= 0.6 is 0 Å². The Hall–Kier alpha value is -0.860. The van der Waals surface area contributed by atoms with Gasteiger partial charge in [0.2, 0.25) is 0 Å². The first-order valence-corrected chi connectivity index (χ1v) is 8.59. The fourth-order valence-corrected chi connectivity index (χ4v) is 4.00. The second-order valence-corrected chi connectivity index (χ2v) is 7.64. The first kappa shape index (κ1) is 15.1. The Kier molecular flexibility index (Phi) is 4.11. The van der Waals surface area contributed by atoms with Crippen LogP contribution in [0, 0.1) is 5.92 Å². The van der Waals surface area contributed by atoms with Gasteiger partial charge in [0.15, 0.2) is 0 Å². The van der Waals surface area contributed by atoms with E-state index in [2.05, 4.69) is 62.2 Å². The number of nitrogens with one attached hydrogen (secondary N) is 1. The fourth-order valence-electron chi connectivity index (χ4n) is 4.00. The third kappa shape index (κ3) is 2.89. The Labute approximate surface area is 129 Å². The Morgan fingerprint density at radius 2 is 2.10 bits per heavy atom. The molecule has 3 rings (SSSR count). The van der Waals surface area contributed by atoms with E-state index in [9.17, 15) is 0 Å². The van der Waals surface area contributed by atoms with E-state index < -0.39 is 0 Å². The van der Waals surface area contributed by atoms with Crippen molar-refractivity contribution in [1.29, 1.82) is 0 Å². The maximum atomic E-state index is 3.79. The summed E-state index contributed by atoms with van der Waals surface area (Å²) in [5.41, 5.74) is 3.45. The lowest BCUT2D eigenvalue weighted by Gasteiger charge is -2.49. The van der Waals surface area contributed by atoms with E-state index in [0.717, 1.165) is 12.5 Å². The van der Waals surface area contributed by atoms with Gasteiger partial charge in [-0.1, -0.05) is 45.0 Å². The van der Waals surface area contributed by atoms with Crippen molar-refractivity contribution in [2.24, 2.45) is 5.92 Å². The molecule has 3 atom stereocenters. The van der Waals surface area contributed by atoms with Crippen molar-refractivity contribution >= 4 is 0 Å². The smallest absolute Gasteiger partial charge is 0.0278 e. The monoisotopic (exact) mass is 286 g/mol. The summed E-state index contributed by atoms with van der Waals surface area (Å²) in [5, 5.41) is 3.79. The zero-order valence-corrected chi connectivity index (χ0v) is 14.0. The highest BCUT2D eigenvalue weighted by Crippen LogP contribution is 2.37. The van der Waals surface area contributed by atoms with Crippen LogP contribution < -0.4 is 5.32 Å². The second-order valence-electron chi connectivity index (χ2n) is 7.64. The number of piperazine rings is 1. The normalized spacial score (nSPS) is 32.8. The molecule has 0 aromatic heterocycles. The molecule has 0 radical (unpaired) electrons. The van der Waals surface area contributed by atoms with Gasteiger partial charge in [-0.15, -0.1) is 0 Å². The average molecular weight is 286 g/mol. The third-order valence-electron chi connectivity index (χ3n) is 5.73. The van der Waals surface area contributed by atoms with E-state index >= 15 is 0 Å². The number of hydrogen-bond donors (Lipinski definition) is 1.